The summed E-state index contributed by atoms with van der Waals surface area (Å²) >= 11 is 6.04. The highest BCUT2D eigenvalue weighted by atomic mass is 35.5. The van der Waals surface area contributed by atoms with Crippen molar-refractivity contribution < 1.29 is 31.1 Å². The summed E-state index contributed by atoms with van der Waals surface area (Å²) in [6, 6.07) is 1.68. The molecule has 1 aliphatic rings. The number of alkyl halides is 3. The molecule has 1 aromatic rings. The van der Waals surface area contributed by atoms with E-state index in [0.29, 0.717) is 6.54 Å². The molecular weight excluding hydrogens is 427 g/mol. The Bertz CT molecular complexity index is 892. The fourth-order valence-corrected chi connectivity index (χ4v) is 4.46. The molecule has 1 aromatic carbocycles. The van der Waals surface area contributed by atoms with E-state index in [2.05, 4.69) is 26.2 Å². The SMILES string of the molecule is CCCS(=O)(=O)c1c(OC(F)(F)F)ccc(C(=O)NC2=NNNN2CC)c1Cl. The molecule has 0 aromatic heterocycles. The van der Waals surface area contributed by atoms with Gasteiger partial charge in [-0.1, -0.05) is 18.5 Å². The number of carbonyl (C=O) groups excluding carboxylic acids is 1. The van der Waals surface area contributed by atoms with Gasteiger partial charge in [0.2, 0.25) is 5.96 Å². The maximum Gasteiger partial charge on any atom is 0.573 e. The van der Waals surface area contributed by atoms with E-state index in [-0.39, 0.29) is 17.9 Å². The summed E-state index contributed by atoms with van der Waals surface area (Å²) in [5.41, 5.74) is 4.66. The van der Waals surface area contributed by atoms with Gasteiger partial charge < -0.3 is 4.74 Å². The van der Waals surface area contributed by atoms with Crippen LogP contribution in [0.2, 0.25) is 5.02 Å². The van der Waals surface area contributed by atoms with E-state index >= 15 is 0 Å². The number of guanidine groups is 1. The Balaban J connectivity index is 2.48. The average Bonchev–Trinajstić information content (AvgIpc) is 3.00. The number of halogens is 4. The number of amides is 1. The number of ether oxygens (including phenoxy) is 1. The molecule has 1 aliphatic heterocycles. The van der Waals surface area contributed by atoms with Crippen LogP contribution in [0.1, 0.15) is 30.6 Å². The van der Waals surface area contributed by atoms with E-state index in [0.717, 1.165) is 12.1 Å². The van der Waals surface area contributed by atoms with Crippen molar-refractivity contribution in [3.63, 3.8) is 0 Å². The molecule has 3 N–H and O–H groups in total. The zero-order chi connectivity index (χ0) is 21.1. The number of benzene rings is 1. The lowest BCUT2D eigenvalue weighted by Gasteiger charge is -2.18. The van der Waals surface area contributed by atoms with Crippen molar-refractivity contribution in [2.45, 2.75) is 31.5 Å². The molecule has 1 amide bonds. The van der Waals surface area contributed by atoms with Gasteiger partial charge in [0.15, 0.2) is 9.84 Å². The Morgan fingerprint density at radius 1 is 1.36 bits per heavy atom. The molecule has 1 heterocycles. The van der Waals surface area contributed by atoms with Crippen molar-refractivity contribution in [2.24, 2.45) is 5.10 Å². The van der Waals surface area contributed by atoms with E-state index < -0.39 is 43.5 Å². The Labute approximate surface area is 163 Å². The minimum absolute atomic E-state index is 0.0668. The predicted molar refractivity (Wildman–Crippen MR) is 94.0 cm³/mol. The predicted octanol–water partition coefficient (Wildman–Crippen LogP) is 1.77. The number of hydrogen-bond donors (Lipinski definition) is 3. The third kappa shape index (κ3) is 4.97. The lowest BCUT2D eigenvalue weighted by atomic mass is 10.2. The van der Waals surface area contributed by atoms with E-state index in [9.17, 15) is 26.4 Å². The second-order valence-electron chi connectivity index (χ2n) is 5.48. The number of hydrogen-bond acceptors (Lipinski definition) is 8. The van der Waals surface area contributed by atoms with Crippen molar-refractivity contribution >= 4 is 33.3 Å². The third-order valence-corrected chi connectivity index (χ3v) is 5.94. The first-order valence-electron chi connectivity index (χ1n) is 7.98. The lowest BCUT2D eigenvalue weighted by molar-refractivity contribution is -0.275. The Morgan fingerprint density at radius 3 is 2.61 bits per heavy atom. The molecule has 0 spiro atoms. The molecule has 0 saturated carbocycles. The van der Waals surface area contributed by atoms with Crippen LogP contribution in [0.25, 0.3) is 0 Å². The molecule has 0 aliphatic carbocycles. The van der Waals surface area contributed by atoms with Gasteiger partial charge in [0.25, 0.3) is 5.91 Å². The molecule has 0 radical (unpaired) electrons. The lowest BCUT2D eigenvalue weighted by Crippen LogP contribution is -2.47. The van der Waals surface area contributed by atoms with Crippen LogP contribution in [0.5, 0.6) is 5.75 Å². The van der Waals surface area contributed by atoms with E-state index in [4.69, 9.17) is 11.6 Å². The smallest absolute Gasteiger partial charge is 0.404 e. The van der Waals surface area contributed by atoms with Crippen molar-refractivity contribution in [3.05, 3.63) is 22.7 Å². The molecule has 0 saturated heterocycles. The summed E-state index contributed by atoms with van der Waals surface area (Å²) in [6.07, 6.45) is -5.01. The van der Waals surface area contributed by atoms with Crippen molar-refractivity contribution in [1.82, 2.24) is 21.4 Å². The van der Waals surface area contributed by atoms with Crippen LogP contribution in [0.4, 0.5) is 13.2 Å². The van der Waals surface area contributed by atoms with Gasteiger partial charge in [0, 0.05) is 6.54 Å². The van der Waals surface area contributed by atoms with Crippen LogP contribution in [-0.4, -0.2) is 44.0 Å². The van der Waals surface area contributed by atoms with Crippen LogP contribution >= 0.6 is 11.6 Å². The normalized spacial score (nSPS) is 14.5. The molecule has 2 rings (SSSR count). The first-order valence-corrected chi connectivity index (χ1v) is 10.0. The van der Waals surface area contributed by atoms with E-state index in [1.165, 1.54) is 11.9 Å². The zero-order valence-electron chi connectivity index (χ0n) is 14.7. The summed E-state index contributed by atoms with van der Waals surface area (Å²) in [7, 11) is -4.25. The zero-order valence-corrected chi connectivity index (χ0v) is 16.3. The average molecular weight is 444 g/mol. The number of rotatable bonds is 6. The highest BCUT2D eigenvalue weighted by molar-refractivity contribution is 7.91. The van der Waals surface area contributed by atoms with Crippen LogP contribution in [0.3, 0.4) is 0 Å². The summed E-state index contributed by atoms with van der Waals surface area (Å²) in [6.45, 7) is 3.70. The van der Waals surface area contributed by atoms with Crippen LogP contribution < -0.4 is 21.1 Å². The van der Waals surface area contributed by atoms with Gasteiger partial charge in [0.05, 0.1) is 16.3 Å². The first-order chi connectivity index (χ1) is 13.0. The maximum atomic E-state index is 12.7. The van der Waals surface area contributed by atoms with Crippen molar-refractivity contribution in [1.29, 1.82) is 0 Å². The highest BCUT2D eigenvalue weighted by Crippen LogP contribution is 2.37. The van der Waals surface area contributed by atoms with Gasteiger partial charge in [-0.15, -0.1) is 23.8 Å². The first kappa shape index (κ1) is 22.0. The Hall–Kier alpha value is -2.25. The second-order valence-corrected chi connectivity index (χ2v) is 7.90. The summed E-state index contributed by atoms with van der Waals surface area (Å²) < 4.78 is 66.7. The third-order valence-electron chi connectivity index (χ3n) is 3.46. The minimum Gasteiger partial charge on any atom is -0.404 e. The molecule has 14 heteroatoms. The number of carbonyl (C=O) groups is 1. The number of hydrazine groups is 2. The molecule has 156 valence electrons. The minimum atomic E-state index is -5.14. The molecule has 0 atom stereocenters. The van der Waals surface area contributed by atoms with Gasteiger partial charge in [-0.25, -0.2) is 14.0 Å². The van der Waals surface area contributed by atoms with Gasteiger partial charge in [-0.2, -0.15) is 0 Å². The monoisotopic (exact) mass is 443 g/mol. The quantitative estimate of drug-likeness (QED) is 0.614. The van der Waals surface area contributed by atoms with E-state index in [1.807, 2.05) is 0 Å². The largest absolute Gasteiger partial charge is 0.573 e. The summed E-state index contributed by atoms with van der Waals surface area (Å²) in [5, 5.41) is 6.90. The van der Waals surface area contributed by atoms with Crippen LogP contribution in [0.15, 0.2) is 22.1 Å². The van der Waals surface area contributed by atoms with Gasteiger partial charge in [-0.05, 0) is 25.5 Å². The fraction of sp³-hybridized carbons (Fsp3) is 0.429. The van der Waals surface area contributed by atoms with Gasteiger partial charge >= 0.3 is 6.36 Å². The molecule has 28 heavy (non-hydrogen) atoms. The second kappa shape index (κ2) is 8.41. The van der Waals surface area contributed by atoms with Crippen molar-refractivity contribution in [2.75, 3.05) is 12.3 Å². The number of nitrogens with one attached hydrogen (secondary N) is 3. The molecule has 0 fully saturated rings. The van der Waals surface area contributed by atoms with Crippen molar-refractivity contribution in [3.8, 4) is 5.75 Å². The Morgan fingerprint density at radius 2 is 2.04 bits per heavy atom. The van der Waals surface area contributed by atoms with E-state index in [1.54, 1.807) is 6.92 Å². The fourth-order valence-electron chi connectivity index (χ4n) is 2.32. The Kier molecular flexibility index (Phi) is 6.62. The standard InChI is InChI=1S/C14H17ClF3N5O4S/c1-3-7-28(25,26)11-9(27-14(16,17)18)6-5-8(10(11)15)12(24)19-13-20-21-22-23(13)4-2/h5-6,21-22H,3-4,7H2,1-2H3,(H,19,20,24). The molecule has 0 bridgehead atoms. The van der Waals surface area contributed by atoms with Gasteiger partial charge in [-0.3, -0.25) is 15.1 Å². The maximum absolute atomic E-state index is 12.7. The molecule has 0 unspecified atom stereocenters. The number of hydrazone groups is 1. The number of nitrogens with zero attached hydrogens (tertiary/aromatic N) is 2. The van der Waals surface area contributed by atoms with Crippen LogP contribution in [-0.2, 0) is 9.84 Å². The van der Waals surface area contributed by atoms with Crippen LogP contribution in [0, 0.1) is 0 Å². The summed E-state index contributed by atoms with van der Waals surface area (Å²) in [5.74, 6) is -2.27. The summed E-state index contributed by atoms with van der Waals surface area (Å²) in [4.78, 5) is 11.6. The number of sulfone groups is 1. The molecular formula is C14H17ClF3N5O4S. The molecule has 9 nitrogen and oxygen atoms in total. The van der Waals surface area contributed by atoms with Gasteiger partial charge in [0.1, 0.15) is 10.6 Å². The highest BCUT2D eigenvalue weighted by Gasteiger charge is 2.36. The topological polar surface area (TPSA) is 112 Å².